The van der Waals surface area contributed by atoms with Crippen LogP contribution in [0.2, 0.25) is 0 Å². The molecule has 0 unspecified atom stereocenters. The van der Waals surface area contributed by atoms with Crippen molar-refractivity contribution in [2.24, 2.45) is 0 Å². The summed E-state index contributed by atoms with van der Waals surface area (Å²) < 4.78 is 0. The minimum Gasteiger partial charge on any atom is -0.393 e. The van der Waals surface area contributed by atoms with Crippen LogP contribution in [0, 0.1) is 6.04 Å². The molecule has 0 aliphatic rings. The van der Waals surface area contributed by atoms with Crippen molar-refractivity contribution >= 4 is 5.91 Å². The van der Waals surface area contributed by atoms with Crippen molar-refractivity contribution in [3.8, 4) is 0 Å². The number of amides is 1. The molecule has 0 fully saturated rings. The Bertz CT molecular complexity index is 341. The van der Waals surface area contributed by atoms with Crippen molar-refractivity contribution in [2.75, 3.05) is 0 Å². The van der Waals surface area contributed by atoms with Gasteiger partial charge in [0.1, 0.15) is 0 Å². The van der Waals surface area contributed by atoms with Crippen molar-refractivity contribution in [1.82, 2.24) is 5.32 Å². The van der Waals surface area contributed by atoms with E-state index in [1.165, 1.54) is 38.5 Å². The summed E-state index contributed by atoms with van der Waals surface area (Å²) in [6.45, 7) is 6.34. The summed E-state index contributed by atoms with van der Waals surface area (Å²) in [6, 6.07) is 1.09. The van der Waals surface area contributed by atoms with E-state index in [0.29, 0.717) is 6.42 Å². The monoisotopic (exact) mass is 366 g/mol. The van der Waals surface area contributed by atoms with Gasteiger partial charge in [0.25, 0.3) is 0 Å². The molecular formula is C23H44NO2. The Morgan fingerprint density at radius 1 is 0.885 bits per heavy atom. The normalized spacial score (nSPS) is 12.8. The van der Waals surface area contributed by atoms with E-state index in [4.69, 9.17) is 0 Å². The molecule has 1 amide bonds. The average molecular weight is 367 g/mol. The van der Waals surface area contributed by atoms with Crippen LogP contribution in [0.15, 0.2) is 12.2 Å². The summed E-state index contributed by atoms with van der Waals surface area (Å²) in [5.41, 5.74) is 0. The zero-order chi connectivity index (χ0) is 19.5. The predicted molar refractivity (Wildman–Crippen MR) is 113 cm³/mol. The van der Waals surface area contributed by atoms with Gasteiger partial charge in [-0.05, 0) is 45.4 Å². The molecule has 1 radical (unpaired) electrons. The first-order valence-corrected chi connectivity index (χ1v) is 11.0. The van der Waals surface area contributed by atoms with Crippen molar-refractivity contribution < 1.29 is 9.90 Å². The van der Waals surface area contributed by atoms with Crippen LogP contribution in [0.3, 0.4) is 0 Å². The van der Waals surface area contributed by atoms with Gasteiger partial charge in [-0.2, -0.15) is 0 Å². The van der Waals surface area contributed by atoms with Gasteiger partial charge in [0.15, 0.2) is 0 Å². The van der Waals surface area contributed by atoms with Crippen LogP contribution in [-0.2, 0) is 4.79 Å². The first-order valence-electron chi connectivity index (χ1n) is 11.0. The lowest BCUT2D eigenvalue weighted by atomic mass is 10.1. The van der Waals surface area contributed by atoms with Gasteiger partial charge in [0.05, 0.1) is 12.1 Å². The van der Waals surface area contributed by atoms with Gasteiger partial charge in [-0.25, -0.2) is 0 Å². The molecule has 0 saturated heterocycles. The Kier molecular flexibility index (Phi) is 18.3. The Labute approximate surface area is 163 Å². The summed E-state index contributed by atoms with van der Waals surface area (Å²) >= 11 is 0. The molecule has 3 heteroatoms. The van der Waals surface area contributed by atoms with E-state index in [-0.39, 0.29) is 12.0 Å². The molecule has 26 heavy (non-hydrogen) atoms. The van der Waals surface area contributed by atoms with Crippen molar-refractivity contribution in [3.05, 3.63) is 18.2 Å². The van der Waals surface area contributed by atoms with Gasteiger partial charge in [-0.15, -0.1) is 0 Å². The Morgan fingerprint density at radius 2 is 1.58 bits per heavy atom. The van der Waals surface area contributed by atoms with E-state index in [9.17, 15) is 9.90 Å². The number of allylic oxidation sites excluding steroid dienone is 1. The second kappa shape index (κ2) is 18.9. The lowest BCUT2D eigenvalue weighted by Crippen LogP contribution is -2.26. The number of carbonyl (C=O) groups excluding carboxylic acids is 1. The molecule has 0 aromatic carbocycles. The van der Waals surface area contributed by atoms with Gasteiger partial charge >= 0.3 is 0 Å². The summed E-state index contributed by atoms with van der Waals surface area (Å²) in [4.78, 5) is 11.7. The first-order chi connectivity index (χ1) is 12.6. The molecule has 2 N–H and O–H groups in total. The molecule has 0 aliphatic carbocycles. The zero-order valence-electron chi connectivity index (χ0n) is 17.7. The third kappa shape index (κ3) is 18.0. The fourth-order valence-corrected chi connectivity index (χ4v) is 3.11. The van der Waals surface area contributed by atoms with Gasteiger partial charge in [-0.3, -0.25) is 4.79 Å². The van der Waals surface area contributed by atoms with Gasteiger partial charge in [0, 0.05) is 6.42 Å². The molecule has 3 nitrogen and oxygen atoms in total. The van der Waals surface area contributed by atoms with Crippen molar-refractivity contribution in [2.45, 2.75) is 123 Å². The fourth-order valence-electron chi connectivity index (χ4n) is 3.11. The molecular weight excluding hydrogens is 322 g/mol. The Balaban J connectivity index is 3.38. The molecule has 0 bridgehead atoms. The number of hydrogen-bond donors (Lipinski definition) is 2. The molecule has 1 atom stereocenters. The maximum atomic E-state index is 11.7. The smallest absolute Gasteiger partial charge is 0.220 e. The molecule has 0 saturated carbocycles. The van der Waals surface area contributed by atoms with Crippen molar-refractivity contribution in [1.29, 1.82) is 0 Å². The number of rotatable bonds is 18. The highest BCUT2D eigenvalue weighted by Gasteiger charge is 2.06. The molecule has 0 spiro atoms. The van der Waals surface area contributed by atoms with Gasteiger partial charge in [0.2, 0.25) is 5.91 Å². The third-order valence-corrected chi connectivity index (χ3v) is 4.72. The molecule has 0 heterocycles. The van der Waals surface area contributed by atoms with Crippen LogP contribution < -0.4 is 5.32 Å². The number of hydrogen-bond acceptors (Lipinski definition) is 2. The lowest BCUT2D eigenvalue weighted by molar-refractivity contribution is -0.121. The first kappa shape index (κ1) is 25.2. The minimum absolute atomic E-state index is 0.160. The van der Waals surface area contributed by atoms with Crippen LogP contribution >= 0.6 is 0 Å². The third-order valence-electron chi connectivity index (χ3n) is 4.72. The predicted octanol–water partition coefficient (Wildman–Crippen LogP) is 6.46. The van der Waals surface area contributed by atoms with E-state index in [0.717, 1.165) is 57.4 Å². The summed E-state index contributed by atoms with van der Waals surface area (Å²) in [6.07, 6.45) is 20.5. The van der Waals surface area contributed by atoms with E-state index < -0.39 is 0 Å². The van der Waals surface area contributed by atoms with E-state index in [1.54, 1.807) is 0 Å². The average Bonchev–Trinajstić information content (AvgIpc) is 2.60. The summed E-state index contributed by atoms with van der Waals surface area (Å²) in [7, 11) is 0. The highest BCUT2D eigenvalue weighted by Crippen LogP contribution is 2.11. The van der Waals surface area contributed by atoms with Crippen molar-refractivity contribution in [3.63, 3.8) is 0 Å². The van der Waals surface area contributed by atoms with E-state index >= 15 is 0 Å². The second-order valence-corrected chi connectivity index (χ2v) is 7.60. The van der Waals surface area contributed by atoms with Crippen LogP contribution in [-0.4, -0.2) is 17.1 Å². The topological polar surface area (TPSA) is 49.3 Å². The Morgan fingerprint density at radius 3 is 2.31 bits per heavy atom. The van der Waals surface area contributed by atoms with E-state index in [1.807, 2.05) is 6.92 Å². The second-order valence-electron chi connectivity index (χ2n) is 7.60. The lowest BCUT2D eigenvalue weighted by Gasteiger charge is -2.11. The van der Waals surface area contributed by atoms with Crippen LogP contribution in [0.5, 0.6) is 0 Å². The standard InChI is InChI=1S/C23H44NO2/c1-4-6-7-14-18-22(25)19-15-12-10-8-9-11-13-16-20-23(26)24-21(3)17-5-2/h12,15,22,25H,4-11,13-14,16-20H2,1-3H3,(H,24,26)/b15-12-/t22-/m1/s1. The maximum absolute atomic E-state index is 11.7. The summed E-state index contributed by atoms with van der Waals surface area (Å²) in [5, 5.41) is 12.9. The quantitative estimate of drug-likeness (QED) is 0.216. The number of aliphatic hydroxyl groups is 1. The van der Waals surface area contributed by atoms with Gasteiger partial charge in [-0.1, -0.05) is 77.4 Å². The number of aliphatic hydroxyl groups excluding tert-OH is 1. The van der Waals surface area contributed by atoms with Crippen LogP contribution in [0.25, 0.3) is 0 Å². The highest BCUT2D eigenvalue weighted by atomic mass is 16.3. The number of carbonyl (C=O) groups is 1. The van der Waals surface area contributed by atoms with Crippen LogP contribution in [0.1, 0.15) is 117 Å². The van der Waals surface area contributed by atoms with Crippen LogP contribution in [0.4, 0.5) is 0 Å². The molecule has 0 rings (SSSR count). The zero-order valence-corrected chi connectivity index (χ0v) is 17.7. The Hall–Kier alpha value is -0.830. The maximum Gasteiger partial charge on any atom is 0.220 e. The largest absolute Gasteiger partial charge is 0.393 e. The molecule has 0 aliphatic heterocycles. The minimum atomic E-state index is -0.160. The summed E-state index contributed by atoms with van der Waals surface area (Å²) in [5.74, 6) is 0.173. The number of nitrogens with one attached hydrogen (secondary N) is 1. The highest BCUT2D eigenvalue weighted by molar-refractivity contribution is 5.77. The fraction of sp³-hybridized carbons (Fsp3) is 0.826. The molecule has 0 aromatic rings. The number of unbranched alkanes of at least 4 members (excludes halogenated alkanes) is 8. The molecule has 0 aromatic heterocycles. The van der Waals surface area contributed by atoms with E-state index in [2.05, 4.69) is 31.3 Å². The van der Waals surface area contributed by atoms with Gasteiger partial charge < -0.3 is 10.4 Å². The SMILES string of the molecule is CCCCCC[C@@H](O)C/C=C\CCCCCCCC(=O)N[C](C)CCC. The molecule has 153 valence electrons.